The van der Waals surface area contributed by atoms with Crippen LogP contribution in [0.5, 0.6) is 0 Å². The number of para-hydroxylation sites is 1. The molecule has 0 saturated carbocycles. The van der Waals surface area contributed by atoms with E-state index in [2.05, 4.69) is 0 Å². The molecule has 30 heavy (non-hydrogen) atoms. The molecule has 0 bridgehead atoms. The Morgan fingerprint density at radius 1 is 1.07 bits per heavy atom. The number of likely N-dealkylation sites (tertiary alicyclic amines) is 1. The summed E-state index contributed by atoms with van der Waals surface area (Å²) in [6.07, 6.45) is 2.90. The van der Waals surface area contributed by atoms with Crippen molar-refractivity contribution in [1.82, 2.24) is 0 Å². The van der Waals surface area contributed by atoms with Crippen LogP contribution in [-0.4, -0.2) is 36.9 Å². The second-order valence-corrected chi connectivity index (χ2v) is 7.86. The van der Waals surface area contributed by atoms with E-state index in [4.69, 9.17) is 9.15 Å². The molecule has 6 heteroatoms. The van der Waals surface area contributed by atoms with Crippen molar-refractivity contribution in [1.29, 1.82) is 0 Å². The molecule has 1 saturated heterocycles. The molecule has 0 N–H and O–H groups in total. The summed E-state index contributed by atoms with van der Waals surface area (Å²) in [5, 5.41) is 13.0. The van der Waals surface area contributed by atoms with E-state index in [1.54, 1.807) is 25.1 Å². The van der Waals surface area contributed by atoms with Crippen molar-refractivity contribution in [2.24, 2.45) is 0 Å². The summed E-state index contributed by atoms with van der Waals surface area (Å²) in [7, 11) is 0. The third-order valence-corrected chi connectivity index (χ3v) is 5.76. The number of quaternary nitrogens is 1. The summed E-state index contributed by atoms with van der Waals surface area (Å²) in [6.45, 7) is 3.14. The third kappa shape index (κ3) is 4.01. The molecule has 0 unspecified atom stereocenters. The van der Waals surface area contributed by atoms with Crippen molar-refractivity contribution >= 4 is 16.9 Å². The topological polar surface area (TPSA) is 79.6 Å². The molecule has 2 heterocycles. The highest BCUT2D eigenvalue weighted by Gasteiger charge is 2.23. The number of benzene rings is 2. The minimum absolute atomic E-state index is 0.0420. The van der Waals surface area contributed by atoms with Gasteiger partial charge in [-0.1, -0.05) is 36.4 Å². The van der Waals surface area contributed by atoms with Crippen LogP contribution in [0.4, 0.5) is 0 Å². The van der Waals surface area contributed by atoms with Crippen molar-refractivity contribution in [2.75, 3.05) is 26.2 Å². The first-order chi connectivity index (χ1) is 14.5. The average molecular weight is 407 g/mol. The van der Waals surface area contributed by atoms with E-state index >= 15 is 0 Å². The van der Waals surface area contributed by atoms with Crippen LogP contribution >= 0.6 is 0 Å². The maximum absolute atomic E-state index is 12.9. The maximum atomic E-state index is 12.9. The monoisotopic (exact) mass is 407 g/mol. The van der Waals surface area contributed by atoms with Crippen LogP contribution in [0.15, 0.2) is 57.7 Å². The molecular weight excluding hydrogens is 382 g/mol. The molecule has 0 spiro atoms. The van der Waals surface area contributed by atoms with E-state index in [0.717, 1.165) is 24.8 Å². The number of carbonyl (C=O) groups is 1. The highest BCUT2D eigenvalue weighted by Crippen LogP contribution is 2.27. The number of carbonyl (C=O) groups excluding carboxylic acids is 1. The number of nitrogens with zero attached hydrogens (tertiary/aromatic N) is 1. The molecule has 0 radical (unpaired) electrons. The molecule has 1 aromatic heterocycles. The van der Waals surface area contributed by atoms with Gasteiger partial charge in [0.1, 0.15) is 24.5 Å². The molecule has 4 rings (SSSR count). The smallest absolute Gasteiger partial charge is 0.342 e. The van der Waals surface area contributed by atoms with Gasteiger partial charge in [0.25, 0.3) is 0 Å². The lowest BCUT2D eigenvalue weighted by Crippen LogP contribution is -2.48. The lowest BCUT2D eigenvalue weighted by Gasteiger charge is -2.45. The van der Waals surface area contributed by atoms with E-state index in [1.165, 1.54) is 0 Å². The van der Waals surface area contributed by atoms with Crippen LogP contribution in [0.3, 0.4) is 0 Å². The third-order valence-electron chi connectivity index (χ3n) is 5.76. The molecule has 3 aromatic rings. The summed E-state index contributed by atoms with van der Waals surface area (Å²) in [6, 6.07) is 14.2. The van der Waals surface area contributed by atoms with Crippen LogP contribution in [-0.2, 0) is 4.74 Å². The van der Waals surface area contributed by atoms with E-state index < -0.39 is 5.97 Å². The largest absolute Gasteiger partial charge is 0.633 e. The van der Waals surface area contributed by atoms with Crippen LogP contribution in [0.1, 0.15) is 35.2 Å². The van der Waals surface area contributed by atoms with Crippen LogP contribution in [0, 0.1) is 12.1 Å². The number of piperidine rings is 1. The van der Waals surface area contributed by atoms with E-state index in [9.17, 15) is 14.8 Å². The zero-order chi connectivity index (χ0) is 21.1. The fourth-order valence-corrected chi connectivity index (χ4v) is 4.03. The Hall–Kier alpha value is -2.96. The Morgan fingerprint density at radius 2 is 1.80 bits per heavy atom. The number of esters is 1. The first kappa shape index (κ1) is 20.3. The highest BCUT2D eigenvalue weighted by atomic mass is 16.6. The fraction of sp³-hybridized carbons (Fsp3) is 0.333. The van der Waals surface area contributed by atoms with Gasteiger partial charge in [0.2, 0.25) is 0 Å². The minimum atomic E-state index is -0.588. The SMILES string of the molecule is Cc1c(-c2ccccc2)oc2c(C(=O)OCC[N+]3([O-])CCCCC3)cccc2c1=O. The van der Waals surface area contributed by atoms with Gasteiger partial charge in [-0.05, 0) is 38.3 Å². The Bertz CT molecular complexity index is 1110. The first-order valence-electron chi connectivity index (χ1n) is 10.3. The van der Waals surface area contributed by atoms with Gasteiger partial charge in [0.05, 0.1) is 18.5 Å². The summed E-state index contributed by atoms with van der Waals surface area (Å²) in [5.41, 5.74) is 1.48. The average Bonchev–Trinajstić information content (AvgIpc) is 2.76. The molecule has 0 amide bonds. The quantitative estimate of drug-likeness (QED) is 0.355. The van der Waals surface area contributed by atoms with Gasteiger partial charge in [-0.15, -0.1) is 0 Å². The Labute approximate surface area is 174 Å². The Balaban J connectivity index is 1.63. The van der Waals surface area contributed by atoms with Crippen LogP contribution in [0.25, 0.3) is 22.3 Å². The van der Waals surface area contributed by atoms with Gasteiger partial charge >= 0.3 is 5.97 Å². The van der Waals surface area contributed by atoms with E-state index in [0.29, 0.717) is 29.8 Å². The second kappa shape index (κ2) is 8.42. The summed E-state index contributed by atoms with van der Waals surface area (Å²) in [4.78, 5) is 25.7. The van der Waals surface area contributed by atoms with Gasteiger partial charge in [-0.25, -0.2) is 4.79 Å². The molecule has 0 aliphatic carbocycles. The lowest BCUT2D eigenvalue weighted by molar-refractivity contribution is -0.885. The fourth-order valence-electron chi connectivity index (χ4n) is 4.03. The zero-order valence-corrected chi connectivity index (χ0v) is 17.1. The summed E-state index contributed by atoms with van der Waals surface area (Å²) < 4.78 is 11.2. The predicted molar refractivity (Wildman–Crippen MR) is 115 cm³/mol. The lowest BCUT2D eigenvalue weighted by atomic mass is 10.0. The number of fused-ring (bicyclic) bond motifs is 1. The molecule has 2 aromatic carbocycles. The Kier molecular flexibility index (Phi) is 5.70. The summed E-state index contributed by atoms with van der Waals surface area (Å²) in [5.74, 6) is -0.152. The normalized spacial score (nSPS) is 15.8. The highest BCUT2D eigenvalue weighted by molar-refractivity contribution is 6.02. The van der Waals surface area contributed by atoms with E-state index in [-0.39, 0.29) is 34.4 Å². The summed E-state index contributed by atoms with van der Waals surface area (Å²) >= 11 is 0. The van der Waals surface area contributed by atoms with Crippen molar-refractivity contribution in [2.45, 2.75) is 26.2 Å². The number of hydrogen-bond donors (Lipinski definition) is 0. The number of ether oxygens (including phenoxy) is 1. The van der Waals surface area contributed by atoms with Crippen molar-refractivity contribution in [3.8, 4) is 11.3 Å². The predicted octanol–water partition coefficient (Wildman–Crippen LogP) is 4.42. The van der Waals surface area contributed by atoms with Gasteiger partial charge in [-0.3, -0.25) is 4.79 Å². The molecule has 0 atom stereocenters. The van der Waals surface area contributed by atoms with Gasteiger partial charge in [-0.2, -0.15) is 0 Å². The molecule has 6 nitrogen and oxygen atoms in total. The maximum Gasteiger partial charge on any atom is 0.342 e. The van der Waals surface area contributed by atoms with Gasteiger partial charge in [0.15, 0.2) is 11.0 Å². The van der Waals surface area contributed by atoms with Gasteiger partial charge < -0.3 is 19.0 Å². The zero-order valence-electron chi connectivity index (χ0n) is 17.1. The molecule has 156 valence electrons. The first-order valence-corrected chi connectivity index (χ1v) is 10.3. The van der Waals surface area contributed by atoms with E-state index in [1.807, 2.05) is 30.3 Å². The number of rotatable bonds is 5. The van der Waals surface area contributed by atoms with Gasteiger partial charge in [0, 0.05) is 11.1 Å². The molecule has 1 aliphatic heterocycles. The minimum Gasteiger partial charge on any atom is -0.633 e. The second-order valence-electron chi connectivity index (χ2n) is 7.86. The molecular formula is C24H25NO5. The molecule has 1 aliphatic rings. The van der Waals surface area contributed by atoms with Crippen molar-refractivity contribution in [3.63, 3.8) is 0 Å². The standard InChI is InChI=1S/C24H25NO5/c1-17-21(26)19-11-8-12-20(23(19)30-22(17)18-9-4-2-5-10-18)24(27)29-16-15-25(28)13-6-3-7-14-25/h2,4-5,8-12H,3,6-7,13-16H2,1H3. The number of hydrogen-bond acceptors (Lipinski definition) is 5. The van der Waals surface area contributed by atoms with Crippen molar-refractivity contribution < 1.29 is 18.6 Å². The van der Waals surface area contributed by atoms with Crippen LogP contribution < -0.4 is 5.43 Å². The Morgan fingerprint density at radius 3 is 2.53 bits per heavy atom. The number of hydroxylamine groups is 3. The van der Waals surface area contributed by atoms with Crippen molar-refractivity contribution in [3.05, 3.63) is 75.1 Å². The van der Waals surface area contributed by atoms with Crippen LogP contribution in [0.2, 0.25) is 0 Å². The molecule has 1 fully saturated rings.